The number of carbonyl (C=O) groups is 1. The van der Waals surface area contributed by atoms with Gasteiger partial charge in [-0.25, -0.2) is 13.8 Å². The first-order valence-corrected chi connectivity index (χ1v) is 9.74. The van der Waals surface area contributed by atoms with Gasteiger partial charge in [0.1, 0.15) is 22.4 Å². The summed E-state index contributed by atoms with van der Waals surface area (Å²) in [7, 11) is 0. The first-order chi connectivity index (χ1) is 13.5. The average Bonchev–Trinajstić information content (AvgIpc) is 3.05. The van der Waals surface area contributed by atoms with E-state index < -0.39 is 16.5 Å². The molecule has 0 unspecified atom stereocenters. The molecule has 0 bridgehead atoms. The number of hydrazone groups is 1. The maximum absolute atomic E-state index is 13.8. The van der Waals surface area contributed by atoms with Crippen molar-refractivity contribution in [2.45, 2.75) is 18.2 Å². The van der Waals surface area contributed by atoms with Crippen LogP contribution in [0.4, 0.5) is 8.78 Å². The van der Waals surface area contributed by atoms with Crippen LogP contribution in [0, 0.1) is 17.6 Å². The van der Waals surface area contributed by atoms with Gasteiger partial charge in [0.2, 0.25) is 5.91 Å². The molecule has 2 aromatic carbocycles. The largest absolute Gasteiger partial charge is 0.493 e. The second-order valence-electron chi connectivity index (χ2n) is 6.77. The Hall–Kier alpha value is -2.45. The molecule has 0 fully saturated rings. The summed E-state index contributed by atoms with van der Waals surface area (Å²) in [6.45, 7) is 2.21. The number of amides is 1. The van der Waals surface area contributed by atoms with Crippen LogP contribution in [-0.2, 0) is 9.67 Å². The summed E-state index contributed by atoms with van der Waals surface area (Å²) in [4.78, 5) is 11.7. The van der Waals surface area contributed by atoms with Gasteiger partial charge in [0.25, 0.3) is 0 Å². The third-order valence-electron chi connectivity index (χ3n) is 4.95. The summed E-state index contributed by atoms with van der Waals surface area (Å²) in [6.07, 6.45) is 0.603. The third kappa shape index (κ3) is 2.97. The number of benzene rings is 2. The first-order valence-electron chi connectivity index (χ1n) is 8.93. The Morgan fingerprint density at radius 2 is 2.04 bits per heavy atom. The number of nitrogens with zero attached hydrogens (tertiary/aromatic N) is 2. The van der Waals surface area contributed by atoms with Crippen LogP contribution >= 0.6 is 11.8 Å². The van der Waals surface area contributed by atoms with Gasteiger partial charge in [0, 0.05) is 30.0 Å². The van der Waals surface area contributed by atoms with E-state index >= 15 is 0 Å². The van der Waals surface area contributed by atoms with E-state index in [2.05, 4.69) is 5.10 Å². The fraction of sp³-hybridized carbons (Fsp3) is 0.300. The first kappa shape index (κ1) is 18.9. The Morgan fingerprint density at radius 1 is 1.32 bits per heavy atom. The van der Waals surface area contributed by atoms with Crippen molar-refractivity contribution in [3.63, 3.8) is 0 Å². The lowest BCUT2D eigenvalue weighted by atomic mass is 9.86. The van der Waals surface area contributed by atoms with Crippen molar-refractivity contribution in [2.24, 2.45) is 16.8 Å². The van der Waals surface area contributed by atoms with Crippen molar-refractivity contribution in [1.29, 1.82) is 0 Å². The number of para-hydroxylation sites is 1. The normalized spacial score (nSPS) is 23.4. The zero-order chi connectivity index (χ0) is 19.9. The van der Waals surface area contributed by atoms with Crippen LogP contribution < -0.4 is 10.5 Å². The molecule has 1 spiro atoms. The van der Waals surface area contributed by atoms with Crippen LogP contribution in [0.5, 0.6) is 5.75 Å². The predicted octanol–water partition coefficient (Wildman–Crippen LogP) is 3.43. The molecule has 0 saturated carbocycles. The summed E-state index contributed by atoms with van der Waals surface area (Å²) < 4.78 is 33.5. The van der Waals surface area contributed by atoms with E-state index in [1.165, 1.54) is 35.8 Å². The maximum Gasteiger partial charge on any atom is 0.241 e. The molecule has 2 atom stereocenters. The lowest BCUT2D eigenvalue weighted by Crippen LogP contribution is -2.51. The van der Waals surface area contributed by atoms with Crippen molar-refractivity contribution >= 4 is 22.7 Å². The minimum atomic E-state index is -0.877. The van der Waals surface area contributed by atoms with E-state index in [4.69, 9.17) is 10.5 Å². The van der Waals surface area contributed by atoms with Crippen molar-refractivity contribution in [3.05, 3.63) is 65.2 Å². The highest BCUT2D eigenvalue weighted by Crippen LogP contribution is 2.57. The molecule has 2 aromatic rings. The molecule has 28 heavy (non-hydrogen) atoms. The number of carbonyl (C=O) groups excluding carboxylic acids is 1. The number of rotatable bonds is 3. The fourth-order valence-corrected chi connectivity index (χ4v) is 5.33. The number of halogens is 2. The van der Waals surface area contributed by atoms with Crippen molar-refractivity contribution in [2.75, 3.05) is 13.2 Å². The number of hydrogen-bond donors (Lipinski definition) is 1. The molecule has 0 saturated heterocycles. The predicted molar refractivity (Wildman–Crippen MR) is 104 cm³/mol. The van der Waals surface area contributed by atoms with Gasteiger partial charge in [0.05, 0.1) is 6.61 Å². The van der Waals surface area contributed by atoms with Gasteiger partial charge in [0.15, 0.2) is 4.87 Å². The highest BCUT2D eigenvalue weighted by atomic mass is 32.2. The maximum atomic E-state index is 13.8. The lowest BCUT2D eigenvalue weighted by Gasteiger charge is -2.45. The molecule has 2 heterocycles. The van der Waals surface area contributed by atoms with Crippen molar-refractivity contribution in [1.82, 2.24) is 5.01 Å². The Morgan fingerprint density at radius 3 is 2.71 bits per heavy atom. The number of ether oxygens (including phenoxy) is 1. The third-order valence-corrected chi connectivity index (χ3v) is 6.50. The second-order valence-corrected chi connectivity index (χ2v) is 7.99. The summed E-state index contributed by atoms with van der Waals surface area (Å²) in [5.41, 5.74) is 6.93. The summed E-state index contributed by atoms with van der Waals surface area (Å²) in [5, 5.41) is 6.28. The number of thioether (sulfide) groups is 1. The molecule has 2 aliphatic heterocycles. The molecule has 1 amide bonds. The van der Waals surface area contributed by atoms with Crippen LogP contribution in [0.2, 0.25) is 0 Å². The molecule has 146 valence electrons. The summed E-state index contributed by atoms with van der Waals surface area (Å²) in [5.74, 6) is -1.13. The molecule has 0 aromatic heterocycles. The number of hydrogen-bond acceptors (Lipinski definition) is 5. The van der Waals surface area contributed by atoms with Crippen molar-refractivity contribution in [3.8, 4) is 5.75 Å². The molecule has 0 radical (unpaired) electrons. The highest BCUT2D eigenvalue weighted by Gasteiger charge is 2.56. The van der Waals surface area contributed by atoms with E-state index in [-0.39, 0.29) is 11.8 Å². The molecule has 5 nitrogen and oxygen atoms in total. The van der Waals surface area contributed by atoms with Crippen LogP contribution in [-0.4, -0.2) is 29.1 Å². The quantitative estimate of drug-likeness (QED) is 0.853. The van der Waals surface area contributed by atoms with E-state index in [0.29, 0.717) is 35.9 Å². The molecule has 2 aliphatic rings. The smallest absolute Gasteiger partial charge is 0.241 e. The zero-order valence-electron chi connectivity index (χ0n) is 15.2. The zero-order valence-corrected chi connectivity index (χ0v) is 16.0. The SMILES string of the molecule is CC(=O)N1N=C(c2cc(F)cc(F)c2)S[C@@]12c1ccccc1OC[C@H]2CCN. The van der Waals surface area contributed by atoms with E-state index in [0.717, 1.165) is 11.6 Å². The van der Waals surface area contributed by atoms with Crippen molar-refractivity contribution < 1.29 is 18.3 Å². The minimum absolute atomic E-state index is 0.138. The second kappa shape index (κ2) is 7.18. The summed E-state index contributed by atoms with van der Waals surface area (Å²) >= 11 is 1.32. The molecule has 4 rings (SSSR count). The van der Waals surface area contributed by atoms with Gasteiger partial charge < -0.3 is 10.5 Å². The Kier molecular flexibility index (Phi) is 4.84. The molecular formula is C20H19F2N3O2S. The Balaban J connectivity index is 1.88. The summed E-state index contributed by atoms with van der Waals surface area (Å²) in [6, 6.07) is 10.7. The molecule has 2 N–H and O–H groups in total. The topological polar surface area (TPSA) is 67.9 Å². The van der Waals surface area contributed by atoms with E-state index in [1.54, 1.807) is 0 Å². The molecule has 8 heteroatoms. The Bertz CT molecular complexity index is 948. The monoisotopic (exact) mass is 403 g/mol. The van der Waals surface area contributed by atoms with Crippen LogP contribution in [0.1, 0.15) is 24.5 Å². The average molecular weight is 403 g/mol. The minimum Gasteiger partial charge on any atom is -0.493 e. The van der Waals surface area contributed by atoms with Gasteiger partial charge in [-0.3, -0.25) is 4.79 Å². The number of nitrogens with two attached hydrogens (primary N) is 1. The van der Waals surface area contributed by atoms with Gasteiger partial charge >= 0.3 is 0 Å². The van der Waals surface area contributed by atoms with Crippen LogP contribution in [0.3, 0.4) is 0 Å². The Labute approximate surface area is 165 Å². The van der Waals surface area contributed by atoms with Gasteiger partial charge in [-0.2, -0.15) is 5.10 Å². The van der Waals surface area contributed by atoms with Gasteiger partial charge in [-0.15, -0.1) is 0 Å². The number of fused-ring (bicyclic) bond motifs is 2. The van der Waals surface area contributed by atoms with Crippen LogP contribution in [0.25, 0.3) is 0 Å². The highest BCUT2D eigenvalue weighted by molar-refractivity contribution is 8.15. The van der Waals surface area contributed by atoms with E-state index in [9.17, 15) is 13.6 Å². The lowest BCUT2D eigenvalue weighted by molar-refractivity contribution is -0.134. The molecular weight excluding hydrogens is 384 g/mol. The standard InChI is InChI=1S/C20H19F2N3O2S/c1-12(26)25-20(28-19(24-25)13-8-15(21)10-16(22)9-13)14(6-7-23)11-27-18-5-3-2-4-17(18)20/h2-5,8-10,14H,6-7,11,23H2,1H3/t14-,20+/m1/s1. The van der Waals surface area contributed by atoms with Crippen LogP contribution in [0.15, 0.2) is 47.6 Å². The van der Waals surface area contributed by atoms with E-state index in [1.807, 2.05) is 24.3 Å². The fourth-order valence-electron chi connectivity index (χ4n) is 3.79. The van der Waals surface area contributed by atoms with Gasteiger partial charge in [-0.05, 0) is 31.2 Å². The van der Waals surface area contributed by atoms with Gasteiger partial charge in [-0.1, -0.05) is 30.0 Å². The molecule has 0 aliphatic carbocycles.